The molecule has 0 saturated carbocycles. The average molecular weight is 927 g/mol. The van der Waals surface area contributed by atoms with Gasteiger partial charge in [0.2, 0.25) is 0 Å². The number of imidazole rings is 1. The van der Waals surface area contributed by atoms with E-state index >= 15 is 0 Å². The van der Waals surface area contributed by atoms with Gasteiger partial charge in [0.05, 0.1) is 47.1 Å². The SMILES string of the molecule is [2H]c1c([2H])c([2H])c(-c2cccc(-c3c([2H])c([2H])c([2H])c([2H])c3[2H])c2-[n+]2[c-]n(-c3cccc(Oc4ccc5c6cc(-c7ccc(-c8c(C)cccc8C)cc7)ccc6n(-c6cc(C(C)(C)C)ccn6)c5c4)c3)c3ccccc32)c([2H])c1[2H]. The van der Waals surface area contributed by atoms with Crippen molar-refractivity contribution in [2.24, 2.45) is 0 Å². The number of para-hydroxylation sites is 3. The predicted octanol–water partition coefficient (Wildman–Crippen LogP) is 16.6. The van der Waals surface area contributed by atoms with Crippen LogP contribution in [0.3, 0.4) is 0 Å². The molecule has 342 valence electrons. The van der Waals surface area contributed by atoms with Crippen LogP contribution in [0.5, 0.6) is 11.5 Å². The number of rotatable bonds is 9. The van der Waals surface area contributed by atoms with Gasteiger partial charge >= 0.3 is 0 Å². The van der Waals surface area contributed by atoms with Gasteiger partial charge in [0.15, 0.2) is 0 Å². The molecule has 0 aliphatic carbocycles. The summed E-state index contributed by atoms with van der Waals surface area (Å²) in [7, 11) is 0. The Kier molecular flexibility index (Phi) is 8.35. The van der Waals surface area contributed by atoms with Gasteiger partial charge in [-0.3, -0.25) is 13.7 Å². The first-order valence-corrected chi connectivity index (χ1v) is 23.5. The van der Waals surface area contributed by atoms with Crippen LogP contribution in [0.25, 0.3) is 94.5 Å². The molecule has 5 nitrogen and oxygen atoms in total. The zero-order valence-corrected chi connectivity index (χ0v) is 39.8. The van der Waals surface area contributed by atoms with Gasteiger partial charge in [-0.15, -0.1) is 0 Å². The van der Waals surface area contributed by atoms with Crippen LogP contribution in [0.2, 0.25) is 0 Å². The van der Waals surface area contributed by atoms with Gasteiger partial charge in [-0.2, -0.15) is 0 Å². The molecule has 71 heavy (non-hydrogen) atoms. The van der Waals surface area contributed by atoms with Crippen LogP contribution < -0.4 is 9.30 Å². The van der Waals surface area contributed by atoms with Crippen molar-refractivity contribution < 1.29 is 23.0 Å². The van der Waals surface area contributed by atoms with E-state index in [2.05, 4.69) is 124 Å². The van der Waals surface area contributed by atoms with Gasteiger partial charge in [0.1, 0.15) is 17.3 Å². The van der Waals surface area contributed by atoms with E-state index in [0.717, 1.165) is 44.3 Å². The van der Waals surface area contributed by atoms with E-state index in [-0.39, 0.29) is 33.4 Å². The van der Waals surface area contributed by atoms with Crippen molar-refractivity contribution in [2.45, 2.75) is 40.0 Å². The third-order valence-corrected chi connectivity index (χ3v) is 13.2. The molecule has 0 bridgehead atoms. The Labute approximate surface area is 429 Å². The van der Waals surface area contributed by atoms with Crippen molar-refractivity contribution in [1.29, 1.82) is 0 Å². The van der Waals surface area contributed by atoms with Crippen LogP contribution in [0.15, 0.2) is 224 Å². The lowest BCUT2D eigenvalue weighted by atomic mass is 9.88. The molecule has 0 N–H and O–H groups in total. The second kappa shape index (κ2) is 17.6. The van der Waals surface area contributed by atoms with E-state index in [0.29, 0.717) is 28.2 Å². The van der Waals surface area contributed by atoms with Crippen LogP contribution in [-0.2, 0) is 5.41 Å². The average Bonchev–Trinajstić information content (AvgIpc) is 3.75. The third kappa shape index (κ3) is 7.96. The molecule has 12 aromatic rings. The van der Waals surface area contributed by atoms with Gasteiger partial charge in [-0.25, -0.2) is 4.98 Å². The third-order valence-electron chi connectivity index (χ3n) is 13.2. The maximum Gasteiger partial charge on any atom is 0.269 e. The van der Waals surface area contributed by atoms with Gasteiger partial charge in [0, 0.05) is 23.0 Å². The maximum atomic E-state index is 9.07. The number of pyridine rings is 1. The standard InChI is InChI=1S/C66H52N4O/c1-44-17-14-18-45(2)64(44)49-31-29-46(30-32-49)50-33-36-59-58(39-50)57-35-34-54(42-62(57)70(59)63-40-51(37-38-67-63)66(3,4)5)71-53-24-15-23-52(41-53)68-43-69(61-28-13-12-27-60(61)68)65-55(47-19-8-6-9-20-47)25-16-26-56(65)48-21-10-7-11-22-48/h6-42H,1-5H3/i6D,7D,8D,9D,10D,11D,19D,20D,21D,22D. The van der Waals surface area contributed by atoms with Crippen LogP contribution >= 0.6 is 0 Å². The normalized spacial score (nSPS) is 13.7. The molecule has 0 fully saturated rings. The molecule has 3 heterocycles. The lowest BCUT2D eigenvalue weighted by Crippen LogP contribution is -2.31. The lowest BCUT2D eigenvalue weighted by molar-refractivity contribution is -0.571. The molecular weight excluding hydrogens is 865 g/mol. The minimum atomic E-state index is -0.569. The molecule has 0 amide bonds. The Morgan fingerprint density at radius 2 is 1.18 bits per heavy atom. The van der Waals surface area contributed by atoms with Crippen molar-refractivity contribution in [1.82, 2.24) is 14.1 Å². The van der Waals surface area contributed by atoms with Gasteiger partial charge in [-0.05, 0) is 135 Å². The van der Waals surface area contributed by atoms with E-state index in [9.17, 15) is 0 Å². The Morgan fingerprint density at radius 3 is 1.90 bits per heavy atom. The number of fused-ring (bicyclic) bond motifs is 4. The molecule has 0 aliphatic rings. The molecule has 0 aliphatic heterocycles. The number of ether oxygens (including phenoxy) is 1. The fourth-order valence-corrected chi connectivity index (χ4v) is 9.79. The van der Waals surface area contributed by atoms with Gasteiger partial charge < -0.3 is 4.74 Å². The summed E-state index contributed by atoms with van der Waals surface area (Å²) in [5.41, 5.74) is 12.1. The molecule has 0 radical (unpaired) electrons. The van der Waals surface area contributed by atoms with E-state index in [1.807, 2.05) is 66.9 Å². The molecule has 0 atom stereocenters. The lowest BCUT2D eigenvalue weighted by Gasteiger charge is -2.20. The molecule has 12 rings (SSSR count). The summed E-state index contributed by atoms with van der Waals surface area (Å²) in [6.07, 6.45) is 5.33. The predicted molar refractivity (Wildman–Crippen MR) is 292 cm³/mol. The molecule has 5 heteroatoms. The second-order valence-electron chi connectivity index (χ2n) is 18.8. The Bertz CT molecular complexity index is 4410. The molecule has 0 saturated heterocycles. The van der Waals surface area contributed by atoms with Crippen molar-refractivity contribution >= 4 is 32.8 Å². The topological polar surface area (TPSA) is 35.9 Å². The highest BCUT2D eigenvalue weighted by molar-refractivity contribution is 6.10. The summed E-state index contributed by atoms with van der Waals surface area (Å²) in [5, 5.41) is 2.08. The van der Waals surface area contributed by atoms with Crippen molar-refractivity contribution in [2.75, 3.05) is 0 Å². The Hall–Kier alpha value is -8.80. The Morgan fingerprint density at radius 1 is 0.535 bits per heavy atom. The monoisotopic (exact) mass is 926 g/mol. The summed E-state index contributed by atoms with van der Waals surface area (Å²) in [6.45, 7) is 10.9. The largest absolute Gasteiger partial charge is 0.458 e. The molecule has 9 aromatic carbocycles. The van der Waals surface area contributed by atoms with Gasteiger partial charge in [-0.1, -0.05) is 178 Å². The highest BCUT2D eigenvalue weighted by atomic mass is 16.5. The number of nitrogens with zero attached hydrogens (tertiary/aromatic N) is 4. The maximum absolute atomic E-state index is 9.07. The first kappa shape index (κ1) is 33.7. The number of hydrogen-bond acceptors (Lipinski definition) is 2. The zero-order valence-electron chi connectivity index (χ0n) is 49.8. The first-order valence-electron chi connectivity index (χ1n) is 28.5. The summed E-state index contributed by atoms with van der Waals surface area (Å²) in [5.74, 6) is 1.86. The van der Waals surface area contributed by atoms with E-state index < -0.39 is 60.4 Å². The second-order valence-corrected chi connectivity index (χ2v) is 18.8. The smallest absolute Gasteiger partial charge is 0.269 e. The van der Waals surface area contributed by atoms with Crippen LogP contribution in [0, 0.1) is 20.2 Å². The summed E-state index contributed by atoms with van der Waals surface area (Å²) in [4.78, 5) is 4.95. The van der Waals surface area contributed by atoms with E-state index in [1.54, 1.807) is 27.3 Å². The van der Waals surface area contributed by atoms with E-state index in [4.69, 9.17) is 23.4 Å². The zero-order chi connectivity index (χ0) is 56.9. The summed E-state index contributed by atoms with van der Waals surface area (Å²) < 4.78 is 99.9. The summed E-state index contributed by atoms with van der Waals surface area (Å²) >= 11 is 0. The van der Waals surface area contributed by atoms with Crippen molar-refractivity contribution in [3.05, 3.63) is 247 Å². The molecule has 3 aromatic heterocycles. The first-order chi connectivity index (χ1) is 38.8. The number of hydrogen-bond donors (Lipinski definition) is 0. The minimum absolute atomic E-state index is 0.131. The van der Waals surface area contributed by atoms with Gasteiger partial charge in [0.25, 0.3) is 6.33 Å². The fraction of sp³-hybridized carbons (Fsp3) is 0.0909. The number of benzene rings is 9. The van der Waals surface area contributed by atoms with Crippen molar-refractivity contribution in [3.63, 3.8) is 0 Å². The highest BCUT2D eigenvalue weighted by Crippen LogP contribution is 2.40. The number of aromatic nitrogens is 4. The molecule has 0 unspecified atom stereocenters. The fourth-order valence-electron chi connectivity index (χ4n) is 9.79. The quantitative estimate of drug-likeness (QED) is 0.107. The molecular formula is C66H52N4O. The highest BCUT2D eigenvalue weighted by Gasteiger charge is 2.22. The van der Waals surface area contributed by atoms with Crippen LogP contribution in [-0.4, -0.2) is 14.1 Å². The molecule has 0 spiro atoms. The summed E-state index contributed by atoms with van der Waals surface area (Å²) in [6, 6.07) is 46.5. The van der Waals surface area contributed by atoms with Crippen LogP contribution in [0.1, 0.15) is 51.2 Å². The van der Waals surface area contributed by atoms with Crippen molar-refractivity contribution in [3.8, 4) is 73.2 Å². The van der Waals surface area contributed by atoms with E-state index in [1.165, 1.54) is 22.3 Å². The minimum Gasteiger partial charge on any atom is -0.458 e. The Balaban J connectivity index is 0.988. The number of aryl methyl sites for hydroxylation is 2. The van der Waals surface area contributed by atoms with Crippen LogP contribution in [0.4, 0.5) is 0 Å².